The second-order valence-electron chi connectivity index (χ2n) is 3.71. The molecule has 3 nitrogen and oxygen atoms in total. The van der Waals surface area contributed by atoms with Crippen LogP contribution in [0.1, 0.15) is 20.2 Å². The predicted octanol–water partition coefficient (Wildman–Crippen LogP) is 3.21. The lowest BCUT2D eigenvalue weighted by Crippen LogP contribution is -2.00. The summed E-state index contributed by atoms with van der Waals surface area (Å²) in [5.41, 5.74) is 2.45. The molecular formula is C13H13NO2S. The number of nitrogens with zero attached hydrogens (tertiary/aromatic N) is 1. The highest BCUT2D eigenvalue weighted by molar-refractivity contribution is 7.11. The van der Waals surface area contributed by atoms with Crippen LogP contribution in [0, 0.1) is 13.8 Å². The topological polar surface area (TPSA) is 39.2 Å². The van der Waals surface area contributed by atoms with Gasteiger partial charge in [-0.3, -0.25) is 0 Å². The van der Waals surface area contributed by atoms with Crippen molar-refractivity contribution < 1.29 is 9.53 Å². The highest BCUT2D eigenvalue weighted by Crippen LogP contribution is 2.27. The highest BCUT2D eigenvalue weighted by Gasteiger charge is 2.10. The van der Waals surface area contributed by atoms with Crippen molar-refractivity contribution in [3.05, 3.63) is 39.7 Å². The molecule has 0 saturated heterocycles. The maximum absolute atomic E-state index is 11.4. The lowest BCUT2D eigenvalue weighted by molar-refractivity contribution is 0.0601. The molecular weight excluding hydrogens is 234 g/mol. The molecule has 4 heteroatoms. The Morgan fingerprint density at radius 1 is 1.35 bits per heavy atom. The van der Waals surface area contributed by atoms with Crippen LogP contribution >= 0.6 is 11.3 Å². The average Bonchev–Trinajstić information content (AvgIpc) is 2.67. The van der Waals surface area contributed by atoms with Crippen LogP contribution in [0.25, 0.3) is 11.3 Å². The fourth-order valence-corrected chi connectivity index (χ4v) is 2.55. The Hall–Kier alpha value is -1.68. The van der Waals surface area contributed by atoms with Gasteiger partial charge in [0.2, 0.25) is 0 Å². The van der Waals surface area contributed by atoms with E-state index in [-0.39, 0.29) is 5.97 Å². The van der Waals surface area contributed by atoms with Crippen molar-refractivity contribution in [2.24, 2.45) is 0 Å². The monoisotopic (exact) mass is 247 g/mol. The van der Waals surface area contributed by atoms with Gasteiger partial charge in [-0.05, 0) is 26.0 Å². The van der Waals surface area contributed by atoms with Crippen molar-refractivity contribution in [1.29, 1.82) is 0 Å². The molecule has 0 aliphatic rings. The van der Waals surface area contributed by atoms with Crippen molar-refractivity contribution in [1.82, 2.24) is 4.98 Å². The van der Waals surface area contributed by atoms with E-state index in [0.717, 1.165) is 21.1 Å². The molecule has 0 amide bonds. The molecule has 0 radical (unpaired) electrons. The molecule has 0 fully saturated rings. The summed E-state index contributed by atoms with van der Waals surface area (Å²) in [6, 6.07) is 7.35. The zero-order chi connectivity index (χ0) is 12.4. The summed E-state index contributed by atoms with van der Waals surface area (Å²) in [4.78, 5) is 17.1. The first-order chi connectivity index (χ1) is 8.11. The normalized spacial score (nSPS) is 10.3. The number of esters is 1. The predicted molar refractivity (Wildman–Crippen MR) is 68.4 cm³/mol. The molecule has 0 N–H and O–H groups in total. The van der Waals surface area contributed by atoms with Crippen LogP contribution in [-0.4, -0.2) is 18.1 Å². The second-order valence-corrected chi connectivity index (χ2v) is 5.12. The molecule has 1 aromatic heterocycles. The number of methoxy groups -OCH3 is 1. The first kappa shape index (κ1) is 11.8. The lowest BCUT2D eigenvalue weighted by Gasteiger charge is -2.02. The van der Waals surface area contributed by atoms with Crippen molar-refractivity contribution in [2.45, 2.75) is 13.8 Å². The van der Waals surface area contributed by atoms with Gasteiger partial charge in [0, 0.05) is 10.4 Å². The van der Waals surface area contributed by atoms with Crippen LogP contribution < -0.4 is 0 Å². The number of hydrogen-bond acceptors (Lipinski definition) is 4. The quantitative estimate of drug-likeness (QED) is 0.765. The third-order valence-corrected chi connectivity index (χ3v) is 3.35. The molecule has 1 heterocycles. The van der Waals surface area contributed by atoms with Crippen LogP contribution in [-0.2, 0) is 4.74 Å². The summed E-state index contributed by atoms with van der Waals surface area (Å²) >= 11 is 1.66. The van der Waals surface area contributed by atoms with E-state index >= 15 is 0 Å². The summed E-state index contributed by atoms with van der Waals surface area (Å²) in [5.74, 6) is -0.323. The average molecular weight is 247 g/mol. The standard InChI is InChI=1S/C13H13NO2S/c1-8-12(14-9(2)17-8)10-5-4-6-11(7-10)13(15)16-3/h4-7H,1-3H3. The Kier molecular flexibility index (Phi) is 3.24. The van der Waals surface area contributed by atoms with Gasteiger partial charge in [0.25, 0.3) is 0 Å². The minimum Gasteiger partial charge on any atom is -0.465 e. The van der Waals surface area contributed by atoms with E-state index in [4.69, 9.17) is 4.74 Å². The zero-order valence-corrected chi connectivity index (χ0v) is 10.8. The van der Waals surface area contributed by atoms with Crippen LogP contribution in [0.15, 0.2) is 24.3 Å². The van der Waals surface area contributed by atoms with Gasteiger partial charge in [0.15, 0.2) is 0 Å². The lowest BCUT2D eigenvalue weighted by atomic mass is 10.1. The molecule has 0 aliphatic heterocycles. The number of benzene rings is 1. The molecule has 0 bridgehead atoms. The van der Waals surface area contributed by atoms with E-state index in [1.807, 2.05) is 32.0 Å². The molecule has 1 aromatic carbocycles. The number of thiazole rings is 1. The number of carbonyl (C=O) groups excluding carboxylic acids is 1. The molecule has 88 valence electrons. The Morgan fingerprint density at radius 3 is 2.71 bits per heavy atom. The molecule has 2 rings (SSSR count). The minimum absolute atomic E-state index is 0.323. The molecule has 17 heavy (non-hydrogen) atoms. The van der Waals surface area contributed by atoms with Crippen LogP contribution in [0.2, 0.25) is 0 Å². The molecule has 2 aromatic rings. The number of aryl methyl sites for hydroxylation is 2. The first-order valence-corrected chi connectivity index (χ1v) is 6.06. The fraction of sp³-hybridized carbons (Fsp3) is 0.231. The Balaban J connectivity index is 2.46. The van der Waals surface area contributed by atoms with Gasteiger partial charge in [0.05, 0.1) is 23.4 Å². The molecule has 0 atom stereocenters. The van der Waals surface area contributed by atoms with E-state index in [1.54, 1.807) is 17.4 Å². The number of rotatable bonds is 2. The van der Waals surface area contributed by atoms with E-state index in [1.165, 1.54) is 7.11 Å². The number of aromatic nitrogens is 1. The Morgan fingerprint density at radius 2 is 2.12 bits per heavy atom. The summed E-state index contributed by atoms with van der Waals surface area (Å²) < 4.78 is 4.71. The van der Waals surface area contributed by atoms with Crippen molar-refractivity contribution in [2.75, 3.05) is 7.11 Å². The summed E-state index contributed by atoms with van der Waals surface area (Å²) in [5, 5.41) is 1.03. The van der Waals surface area contributed by atoms with E-state index in [2.05, 4.69) is 4.98 Å². The van der Waals surface area contributed by atoms with Gasteiger partial charge in [-0.2, -0.15) is 0 Å². The first-order valence-electron chi connectivity index (χ1n) is 5.24. The third-order valence-electron chi connectivity index (χ3n) is 2.46. The number of carbonyl (C=O) groups is 1. The minimum atomic E-state index is -0.323. The molecule has 0 saturated carbocycles. The van der Waals surface area contributed by atoms with Gasteiger partial charge in [-0.15, -0.1) is 11.3 Å². The van der Waals surface area contributed by atoms with Crippen LogP contribution in [0.4, 0.5) is 0 Å². The van der Waals surface area contributed by atoms with Gasteiger partial charge in [0.1, 0.15) is 0 Å². The summed E-state index contributed by atoms with van der Waals surface area (Å²) in [6.07, 6.45) is 0. The van der Waals surface area contributed by atoms with E-state index in [0.29, 0.717) is 5.56 Å². The maximum atomic E-state index is 11.4. The van der Waals surface area contributed by atoms with Gasteiger partial charge < -0.3 is 4.74 Å². The van der Waals surface area contributed by atoms with Crippen LogP contribution in [0.5, 0.6) is 0 Å². The van der Waals surface area contributed by atoms with Crippen molar-refractivity contribution in [3.63, 3.8) is 0 Å². The van der Waals surface area contributed by atoms with Gasteiger partial charge in [-0.1, -0.05) is 12.1 Å². The van der Waals surface area contributed by atoms with Crippen LogP contribution in [0.3, 0.4) is 0 Å². The Bertz CT molecular complexity index is 560. The zero-order valence-electron chi connectivity index (χ0n) is 9.98. The summed E-state index contributed by atoms with van der Waals surface area (Å²) in [6.45, 7) is 4.01. The van der Waals surface area contributed by atoms with E-state index in [9.17, 15) is 4.79 Å². The summed E-state index contributed by atoms with van der Waals surface area (Å²) in [7, 11) is 1.38. The van der Waals surface area contributed by atoms with Crippen molar-refractivity contribution in [3.8, 4) is 11.3 Å². The maximum Gasteiger partial charge on any atom is 0.337 e. The van der Waals surface area contributed by atoms with E-state index < -0.39 is 0 Å². The third kappa shape index (κ3) is 2.36. The SMILES string of the molecule is COC(=O)c1cccc(-c2nc(C)sc2C)c1. The Labute approximate surface area is 104 Å². The second kappa shape index (κ2) is 4.67. The number of hydrogen-bond donors (Lipinski definition) is 0. The van der Waals surface area contributed by atoms with Crippen molar-refractivity contribution >= 4 is 17.3 Å². The smallest absolute Gasteiger partial charge is 0.337 e. The fourth-order valence-electron chi connectivity index (χ4n) is 1.71. The molecule has 0 spiro atoms. The highest BCUT2D eigenvalue weighted by atomic mass is 32.1. The largest absolute Gasteiger partial charge is 0.465 e. The molecule has 0 aliphatic carbocycles. The van der Waals surface area contributed by atoms with Gasteiger partial charge in [-0.25, -0.2) is 9.78 Å². The molecule has 0 unspecified atom stereocenters. The number of ether oxygens (including phenoxy) is 1. The van der Waals surface area contributed by atoms with Gasteiger partial charge >= 0.3 is 5.97 Å².